The molecule has 4 rings (SSSR count). The van der Waals surface area contributed by atoms with Gasteiger partial charge in [-0.05, 0) is 24.3 Å². The first-order valence-electron chi connectivity index (χ1n) is 6.82. The van der Waals surface area contributed by atoms with Crippen LogP contribution in [0.25, 0.3) is 16.7 Å². The highest BCUT2D eigenvalue weighted by Gasteiger charge is 2.17. The van der Waals surface area contributed by atoms with E-state index in [0.717, 1.165) is 5.69 Å². The number of anilines is 2. The first-order valence-corrected chi connectivity index (χ1v) is 6.82. The number of fused-ring (bicyclic) bond motifs is 3. The number of aromatic nitrogens is 4. The molecule has 0 N–H and O–H groups in total. The molecule has 22 heavy (non-hydrogen) atoms. The van der Waals surface area contributed by atoms with Crippen molar-refractivity contribution in [3.8, 4) is 0 Å². The first-order chi connectivity index (χ1) is 10.8. The zero-order chi connectivity index (χ0) is 15.1. The van der Waals surface area contributed by atoms with E-state index in [9.17, 15) is 4.39 Å². The van der Waals surface area contributed by atoms with Crippen LogP contribution in [0.4, 0.5) is 15.9 Å². The van der Waals surface area contributed by atoms with Gasteiger partial charge in [-0.3, -0.25) is 4.40 Å². The van der Waals surface area contributed by atoms with Crippen LogP contribution in [0, 0.1) is 5.82 Å². The fraction of sp³-hybridized carbons (Fsp3) is 0.0625. The summed E-state index contributed by atoms with van der Waals surface area (Å²) < 4.78 is 16.1. The van der Waals surface area contributed by atoms with Gasteiger partial charge in [-0.1, -0.05) is 24.3 Å². The van der Waals surface area contributed by atoms with Crippen LogP contribution in [-0.2, 0) is 0 Å². The standard InChI is InChI=1S/C16H12FN5/c1-21(11-6-3-2-4-7-11)15-14-12(17)8-5-9-13(14)22-10-18-20-16(22)19-15/h2-10H,1H3. The number of para-hydroxylation sites is 1. The van der Waals surface area contributed by atoms with Crippen molar-refractivity contribution in [3.05, 3.63) is 60.7 Å². The largest absolute Gasteiger partial charge is 0.329 e. The van der Waals surface area contributed by atoms with Crippen LogP contribution in [0.3, 0.4) is 0 Å². The number of benzene rings is 2. The van der Waals surface area contributed by atoms with E-state index in [1.54, 1.807) is 10.5 Å². The topological polar surface area (TPSA) is 46.3 Å². The summed E-state index contributed by atoms with van der Waals surface area (Å²) in [7, 11) is 1.86. The van der Waals surface area contributed by atoms with Crippen molar-refractivity contribution in [3.63, 3.8) is 0 Å². The van der Waals surface area contributed by atoms with Gasteiger partial charge in [0.15, 0.2) is 0 Å². The Labute approximate surface area is 125 Å². The van der Waals surface area contributed by atoms with Crippen LogP contribution in [0.15, 0.2) is 54.9 Å². The Morgan fingerprint density at radius 1 is 1.05 bits per heavy atom. The fourth-order valence-electron chi connectivity index (χ4n) is 2.58. The molecule has 6 heteroatoms. The average molecular weight is 293 g/mol. The molecule has 2 aromatic heterocycles. The van der Waals surface area contributed by atoms with E-state index >= 15 is 0 Å². The van der Waals surface area contributed by atoms with Crippen molar-refractivity contribution in [2.75, 3.05) is 11.9 Å². The lowest BCUT2D eigenvalue weighted by atomic mass is 10.2. The van der Waals surface area contributed by atoms with Crippen LogP contribution in [0.5, 0.6) is 0 Å². The summed E-state index contributed by atoms with van der Waals surface area (Å²) in [4.78, 5) is 6.32. The second-order valence-electron chi connectivity index (χ2n) is 4.96. The lowest BCUT2D eigenvalue weighted by molar-refractivity contribution is 0.639. The Balaban J connectivity index is 2.07. The van der Waals surface area contributed by atoms with Crippen LogP contribution in [-0.4, -0.2) is 26.6 Å². The van der Waals surface area contributed by atoms with Crippen LogP contribution < -0.4 is 4.90 Å². The molecule has 5 nitrogen and oxygen atoms in total. The van der Waals surface area contributed by atoms with Gasteiger partial charge in [0.1, 0.15) is 18.0 Å². The van der Waals surface area contributed by atoms with Crippen LogP contribution >= 0.6 is 0 Å². The first kappa shape index (κ1) is 12.7. The SMILES string of the molecule is CN(c1ccccc1)c1nc2nncn2c2cccc(F)c12. The van der Waals surface area contributed by atoms with E-state index in [4.69, 9.17) is 0 Å². The number of rotatable bonds is 2. The van der Waals surface area contributed by atoms with Crippen LogP contribution in [0.2, 0.25) is 0 Å². The predicted molar refractivity (Wildman–Crippen MR) is 82.8 cm³/mol. The maximum atomic E-state index is 14.4. The van der Waals surface area contributed by atoms with E-state index < -0.39 is 0 Å². The number of hydrogen-bond donors (Lipinski definition) is 0. The smallest absolute Gasteiger partial charge is 0.257 e. The monoisotopic (exact) mass is 293 g/mol. The maximum absolute atomic E-state index is 14.4. The Hall–Kier alpha value is -3.02. The molecule has 0 unspecified atom stereocenters. The van der Waals surface area contributed by atoms with Gasteiger partial charge in [0.05, 0.1) is 10.9 Å². The van der Waals surface area contributed by atoms with Crippen molar-refractivity contribution < 1.29 is 4.39 Å². The zero-order valence-corrected chi connectivity index (χ0v) is 11.8. The van der Waals surface area contributed by atoms with E-state index in [1.165, 1.54) is 12.4 Å². The van der Waals surface area contributed by atoms with Crippen molar-refractivity contribution in [2.45, 2.75) is 0 Å². The molecule has 0 saturated carbocycles. The summed E-state index contributed by atoms with van der Waals surface area (Å²) >= 11 is 0. The Morgan fingerprint density at radius 2 is 1.86 bits per heavy atom. The summed E-state index contributed by atoms with van der Waals surface area (Å²) in [6.45, 7) is 0. The van der Waals surface area contributed by atoms with Crippen LogP contribution in [0.1, 0.15) is 0 Å². The molecule has 0 saturated heterocycles. The van der Waals surface area contributed by atoms with Gasteiger partial charge in [0.2, 0.25) is 0 Å². The van der Waals surface area contributed by atoms with Gasteiger partial charge in [-0.25, -0.2) is 4.39 Å². The summed E-state index contributed by atoms with van der Waals surface area (Å²) in [5.41, 5.74) is 1.61. The summed E-state index contributed by atoms with van der Waals surface area (Å²) in [6, 6.07) is 14.6. The minimum atomic E-state index is -0.321. The van der Waals surface area contributed by atoms with Gasteiger partial charge >= 0.3 is 0 Å². The lowest BCUT2D eigenvalue weighted by Gasteiger charge is -2.20. The van der Waals surface area contributed by atoms with E-state index in [0.29, 0.717) is 22.5 Å². The molecule has 0 atom stereocenters. The average Bonchev–Trinajstić information content (AvgIpc) is 3.03. The second-order valence-corrected chi connectivity index (χ2v) is 4.96. The maximum Gasteiger partial charge on any atom is 0.257 e. The third-order valence-corrected chi connectivity index (χ3v) is 3.67. The molecule has 0 aliphatic rings. The van der Waals surface area contributed by atoms with Gasteiger partial charge in [-0.2, -0.15) is 4.98 Å². The van der Waals surface area contributed by atoms with E-state index in [-0.39, 0.29) is 5.82 Å². The van der Waals surface area contributed by atoms with Crippen molar-refractivity contribution in [1.82, 2.24) is 19.6 Å². The zero-order valence-electron chi connectivity index (χ0n) is 11.8. The van der Waals surface area contributed by atoms with Crippen molar-refractivity contribution in [1.29, 1.82) is 0 Å². The van der Waals surface area contributed by atoms with Crippen molar-refractivity contribution in [2.24, 2.45) is 0 Å². The normalized spacial score (nSPS) is 11.2. The molecule has 2 aromatic carbocycles. The molecule has 0 fully saturated rings. The molecular weight excluding hydrogens is 281 g/mol. The second kappa shape index (κ2) is 4.77. The minimum absolute atomic E-state index is 0.321. The fourth-order valence-corrected chi connectivity index (χ4v) is 2.58. The highest BCUT2D eigenvalue weighted by Crippen LogP contribution is 2.31. The predicted octanol–water partition coefficient (Wildman–Crippen LogP) is 3.18. The third-order valence-electron chi connectivity index (χ3n) is 3.67. The molecule has 2 heterocycles. The highest BCUT2D eigenvalue weighted by atomic mass is 19.1. The molecule has 0 radical (unpaired) electrons. The molecule has 0 bridgehead atoms. The van der Waals surface area contributed by atoms with Gasteiger partial charge in [0, 0.05) is 12.7 Å². The lowest BCUT2D eigenvalue weighted by Crippen LogP contribution is -2.13. The minimum Gasteiger partial charge on any atom is -0.329 e. The molecule has 4 aromatic rings. The Bertz CT molecular complexity index is 964. The molecule has 0 spiro atoms. The van der Waals surface area contributed by atoms with Gasteiger partial charge in [0.25, 0.3) is 5.78 Å². The van der Waals surface area contributed by atoms with Crippen molar-refractivity contribution >= 4 is 28.2 Å². The molecule has 108 valence electrons. The summed E-state index contributed by atoms with van der Waals surface area (Å²) in [5.74, 6) is 0.633. The van der Waals surface area contributed by atoms with E-state index in [2.05, 4.69) is 15.2 Å². The molecule has 0 amide bonds. The highest BCUT2D eigenvalue weighted by molar-refractivity contribution is 5.93. The van der Waals surface area contributed by atoms with Gasteiger partial charge < -0.3 is 4.90 Å². The molecule has 0 aliphatic carbocycles. The Morgan fingerprint density at radius 3 is 2.68 bits per heavy atom. The number of hydrogen-bond acceptors (Lipinski definition) is 4. The quantitative estimate of drug-likeness (QED) is 0.569. The third kappa shape index (κ3) is 1.81. The summed E-state index contributed by atoms with van der Waals surface area (Å²) in [5, 5.41) is 8.30. The molecular formula is C16H12FN5. The molecule has 0 aliphatic heterocycles. The van der Waals surface area contributed by atoms with Gasteiger partial charge in [-0.15, -0.1) is 10.2 Å². The van der Waals surface area contributed by atoms with E-state index in [1.807, 2.05) is 48.3 Å². The summed E-state index contributed by atoms with van der Waals surface area (Å²) in [6.07, 6.45) is 1.54. The Kier molecular flexibility index (Phi) is 2.75. The number of halogens is 1. The number of nitrogens with zero attached hydrogens (tertiary/aromatic N) is 5.